The fourth-order valence-corrected chi connectivity index (χ4v) is 5.21. The SMILES string of the molecule is CC(C)c1cn([C@H](C(=O)N2C[C@H](O)C[C@H]2C(=O)N[C@@H](CO)c2ccc(-c3ccccc3Cl)cc2)C(C)C)nn1. The number of halogens is 1. The van der Waals surface area contributed by atoms with E-state index in [1.54, 1.807) is 10.9 Å². The van der Waals surface area contributed by atoms with Crippen LogP contribution in [0.3, 0.4) is 0 Å². The van der Waals surface area contributed by atoms with E-state index in [1.807, 2.05) is 76.2 Å². The first-order valence-electron chi connectivity index (χ1n) is 13.3. The van der Waals surface area contributed by atoms with Gasteiger partial charge in [0, 0.05) is 29.7 Å². The van der Waals surface area contributed by atoms with E-state index in [0.29, 0.717) is 10.6 Å². The number of aliphatic hydroxyl groups is 2. The van der Waals surface area contributed by atoms with Gasteiger partial charge in [-0.25, -0.2) is 4.68 Å². The van der Waals surface area contributed by atoms with Gasteiger partial charge in [-0.1, -0.05) is 87.0 Å². The molecule has 0 aliphatic carbocycles. The fourth-order valence-electron chi connectivity index (χ4n) is 4.96. The van der Waals surface area contributed by atoms with E-state index in [1.165, 1.54) is 4.90 Å². The van der Waals surface area contributed by atoms with Gasteiger partial charge in [-0.2, -0.15) is 0 Å². The Bertz CT molecular complexity index is 1290. The molecule has 208 valence electrons. The lowest BCUT2D eigenvalue weighted by Gasteiger charge is -2.30. The number of rotatable bonds is 9. The number of likely N-dealkylation sites (tertiary alicyclic amines) is 1. The van der Waals surface area contributed by atoms with Gasteiger partial charge in [0.2, 0.25) is 11.8 Å². The quantitative estimate of drug-likeness (QED) is 0.371. The van der Waals surface area contributed by atoms with Crippen molar-refractivity contribution in [1.29, 1.82) is 0 Å². The minimum absolute atomic E-state index is 0.0438. The van der Waals surface area contributed by atoms with Crippen molar-refractivity contribution >= 4 is 23.4 Å². The number of nitrogens with zero attached hydrogens (tertiary/aromatic N) is 4. The van der Waals surface area contributed by atoms with Gasteiger partial charge in [-0.15, -0.1) is 5.10 Å². The Morgan fingerprint density at radius 1 is 1.10 bits per heavy atom. The van der Waals surface area contributed by atoms with Gasteiger partial charge in [0.25, 0.3) is 0 Å². The van der Waals surface area contributed by atoms with Crippen molar-refractivity contribution in [3.63, 3.8) is 0 Å². The molecule has 4 rings (SSSR count). The maximum Gasteiger partial charge on any atom is 0.248 e. The van der Waals surface area contributed by atoms with Crippen LogP contribution < -0.4 is 5.32 Å². The smallest absolute Gasteiger partial charge is 0.248 e. The second-order valence-electron chi connectivity index (χ2n) is 10.7. The number of hydrogen-bond acceptors (Lipinski definition) is 6. The van der Waals surface area contributed by atoms with Crippen LogP contribution in [0.25, 0.3) is 11.1 Å². The summed E-state index contributed by atoms with van der Waals surface area (Å²) in [6, 6.07) is 12.7. The van der Waals surface area contributed by atoms with E-state index in [4.69, 9.17) is 11.6 Å². The molecular weight excluding hydrogens is 518 g/mol. The predicted molar refractivity (Wildman–Crippen MR) is 149 cm³/mol. The first-order valence-corrected chi connectivity index (χ1v) is 13.6. The van der Waals surface area contributed by atoms with Crippen LogP contribution >= 0.6 is 11.6 Å². The van der Waals surface area contributed by atoms with E-state index >= 15 is 0 Å². The van der Waals surface area contributed by atoms with Crippen molar-refractivity contribution < 1.29 is 19.8 Å². The van der Waals surface area contributed by atoms with Gasteiger partial charge < -0.3 is 20.4 Å². The number of aromatic nitrogens is 3. The largest absolute Gasteiger partial charge is 0.394 e. The van der Waals surface area contributed by atoms with Crippen LogP contribution in [-0.2, 0) is 9.59 Å². The highest BCUT2D eigenvalue weighted by Crippen LogP contribution is 2.30. The maximum atomic E-state index is 13.7. The molecule has 0 spiro atoms. The fraction of sp³-hybridized carbons (Fsp3) is 0.448. The van der Waals surface area contributed by atoms with Crippen LogP contribution in [0.1, 0.15) is 63.4 Å². The average molecular weight is 554 g/mol. The highest BCUT2D eigenvalue weighted by atomic mass is 35.5. The molecule has 10 heteroatoms. The first kappa shape index (κ1) is 28.7. The van der Waals surface area contributed by atoms with Gasteiger partial charge in [-0.3, -0.25) is 9.59 Å². The molecule has 1 aliphatic heterocycles. The van der Waals surface area contributed by atoms with Crippen molar-refractivity contribution in [3.8, 4) is 11.1 Å². The predicted octanol–water partition coefficient (Wildman–Crippen LogP) is 3.73. The first-order chi connectivity index (χ1) is 18.6. The molecule has 2 heterocycles. The molecule has 9 nitrogen and oxygen atoms in total. The Balaban J connectivity index is 1.51. The van der Waals surface area contributed by atoms with Gasteiger partial charge in [0.05, 0.1) is 24.4 Å². The van der Waals surface area contributed by atoms with Gasteiger partial charge in [0.15, 0.2) is 0 Å². The van der Waals surface area contributed by atoms with Crippen molar-refractivity contribution in [2.75, 3.05) is 13.2 Å². The van der Waals surface area contributed by atoms with Crippen molar-refractivity contribution in [3.05, 3.63) is 71.0 Å². The molecule has 3 N–H and O–H groups in total. The molecule has 0 saturated carbocycles. The highest BCUT2D eigenvalue weighted by Gasteiger charge is 2.43. The van der Waals surface area contributed by atoms with Crippen LogP contribution in [0.5, 0.6) is 0 Å². The van der Waals surface area contributed by atoms with E-state index < -0.39 is 30.1 Å². The number of aliphatic hydroxyl groups excluding tert-OH is 2. The molecular formula is C29H36ClN5O4. The summed E-state index contributed by atoms with van der Waals surface area (Å²) < 4.78 is 1.55. The van der Waals surface area contributed by atoms with Crippen LogP contribution in [0.2, 0.25) is 5.02 Å². The third-order valence-corrected chi connectivity index (χ3v) is 7.48. The molecule has 2 aromatic carbocycles. The molecule has 2 amide bonds. The minimum atomic E-state index is -0.877. The number of amides is 2. The van der Waals surface area contributed by atoms with Crippen molar-refractivity contribution in [2.24, 2.45) is 5.92 Å². The average Bonchev–Trinajstić information content (AvgIpc) is 3.55. The summed E-state index contributed by atoms with van der Waals surface area (Å²) in [7, 11) is 0. The second kappa shape index (κ2) is 12.3. The Kier molecular flexibility index (Phi) is 9.04. The van der Waals surface area contributed by atoms with Gasteiger partial charge >= 0.3 is 0 Å². The Labute approximate surface area is 233 Å². The third kappa shape index (κ3) is 6.32. The summed E-state index contributed by atoms with van der Waals surface area (Å²) in [5.41, 5.74) is 3.28. The van der Waals surface area contributed by atoms with E-state index in [2.05, 4.69) is 15.6 Å². The monoisotopic (exact) mass is 553 g/mol. The number of β-amino-alcohol motifs (C(OH)–C–C–N with tert-alkyl or cyclic N) is 1. The van der Waals surface area contributed by atoms with Crippen LogP contribution in [-0.4, -0.2) is 67.2 Å². The Hall–Kier alpha value is -3.27. The lowest BCUT2D eigenvalue weighted by molar-refractivity contribution is -0.142. The zero-order chi connectivity index (χ0) is 28.3. The number of nitrogens with one attached hydrogen (secondary N) is 1. The summed E-state index contributed by atoms with van der Waals surface area (Å²) in [5, 5.41) is 32.4. The molecule has 1 saturated heterocycles. The molecule has 0 radical (unpaired) electrons. The number of benzene rings is 2. The van der Waals surface area contributed by atoms with E-state index in [-0.39, 0.29) is 37.3 Å². The van der Waals surface area contributed by atoms with Crippen LogP contribution in [0, 0.1) is 5.92 Å². The van der Waals surface area contributed by atoms with E-state index in [0.717, 1.165) is 16.8 Å². The standard InChI is InChI=1S/C29H36ClN5O4/c1-17(2)24-15-35(33-32-24)27(18(3)4)29(39)34-14-21(37)13-26(34)28(38)31-25(16-36)20-11-9-19(10-12-20)22-7-5-6-8-23(22)30/h5-12,15,17-18,21,25-27,36-37H,13-14,16H2,1-4H3,(H,31,38)/t21-,25+,26+,27+/m1/s1. The zero-order valence-electron chi connectivity index (χ0n) is 22.7. The third-order valence-electron chi connectivity index (χ3n) is 7.15. The second-order valence-corrected chi connectivity index (χ2v) is 11.1. The molecule has 39 heavy (non-hydrogen) atoms. The summed E-state index contributed by atoms with van der Waals surface area (Å²) in [6.07, 6.45) is 1.05. The normalized spacial score (nSPS) is 18.9. The Morgan fingerprint density at radius 2 is 1.79 bits per heavy atom. The minimum Gasteiger partial charge on any atom is -0.394 e. The highest BCUT2D eigenvalue weighted by molar-refractivity contribution is 6.33. The maximum absolute atomic E-state index is 13.7. The van der Waals surface area contributed by atoms with Gasteiger partial charge in [-0.05, 0) is 29.0 Å². The molecule has 0 bridgehead atoms. The zero-order valence-corrected chi connectivity index (χ0v) is 23.4. The summed E-state index contributed by atoms with van der Waals surface area (Å²) in [6.45, 7) is 7.54. The van der Waals surface area contributed by atoms with Crippen LogP contribution in [0.15, 0.2) is 54.7 Å². The Morgan fingerprint density at radius 3 is 2.38 bits per heavy atom. The van der Waals surface area contributed by atoms with Crippen LogP contribution in [0.4, 0.5) is 0 Å². The van der Waals surface area contributed by atoms with Gasteiger partial charge in [0.1, 0.15) is 12.1 Å². The summed E-state index contributed by atoms with van der Waals surface area (Å²) in [5.74, 6) is -0.699. The molecule has 1 aliphatic rings. The number of hydrogen-bond donors (Lipinski definition) is 3. The number of carbonyl (C=O) groups excluding carboxylic acids is 2. The van der Waals surface area contributed by atoms with Crippen molar-refractivity contribution in [2.45, 2.75) is 64.3 Å². The molecule has 1 aromatic heterocycles. The summed E-state index contributed by atoms with van der Waals surface area (Å²) in [4.78, 5) is 28.6. The van der Waals surface area contributed by atoms with Crippen molar-refractivity contribution in [1.82, 2.24) is 25.2 Å². The van der Waals surface area contributed by atoms with E-state index in [9.17, 15) is 19.8 Å². The molecule has 0 unspecified atom stereocenters. The topological polar surface area (TPSA) is 121 Å². The lowest BCUT2D eigenvalue weighted by Crippen LogP contribution is -2.50. The molecule has 3 aromatic rings. The molecule has 1 fully saturated rings. The molecule has 4 atom stereocenters. The lowest BCUT2D eigenvalue weighted by atomic mass is 10.00. The summed E-state index contributed by atoms with van der Waals surface area (Å²) >= 11 is 6.32. The number of carbonyl (C=O) groups is 2.